The predicted octanol–water partition coefficient (Wildman–Crippen LogP) is 2.49. The first-order valence-corrected chi connectivity index (χ1v) is 7.79. The van der Waals surface area contributed by atoms with Gasteiger partial charge >= 0.3 is 0 Å². The van der Waals surface area contributed by atoms with Crippen LogP contribution in [0.15, 0.2) is 47.5 Å². The first-order valence-electron chi connectivity index (χ1n) is 6.31. The Kier molecular flexibility index (Phi) is 4.24. The van der Waals surface area contributed by atoms with Crippen LogP contribution in [-0.2, 0) is 16.4 Å². The van der Waals surface area contributed by atoms with Crippen molar-refractivity contribution in [2.75, 3.05) is 17.1 Å². The molecule has 2 N–H and O–H groups in total. The van der Waals surface area contributed by atoms with Crippen LogP contribution in [-0.4, -0.2) is 20.4 Å². The van der Waals surface area contributed by atoms with Crippen molar-refractivity contribution in [3.63, 3.8) is 0 Å². The number of sulfonamides is 1. The molecule has 6 heteroatoms. The Labute approximate surface area is 119 Å². The normalized spacial score (nSPS) is 11.1. The minimum Gasteiger partial charge on any atom is -0.373 e. The summed E-state index contributed by atoms with van der Waals surface area (Å²) in [5.74, 6) is 0.623. The molecule has 1 aromatic heterocycles. The van der Waals surface area contributed by atoms with E-state index in [0.717, 1.165) is 12.0 Å². The molecule has 1 aromatic carbocycles. The Balaban J connectivity index is 2.30. The summed E-state index contributed by atoms with van der Waals surface area (Å²) in [6, 6.07) is 10.5. The molecule has 0 atom stereocenters. The van der Waals surface area contributed by atoms with E-state index >= 15 is 0 Å². The van der Waals surface area contributed by atoms with E-state index in [0.29, 0.717) is 11.5 Å². The van der Waals surface area contributed by atoms with Gasteiger partial charge in [-0.1, -0.05) is 25.1 Å². The lowest BCUT2D eigenvalue weighted by Crippen LogP contribution is -2.14. The summed E-state index contributed by atoms with van der Waals surface area (Å²) in [6.07, 6.45) is 2.10. The number of rotatable bonds is 5. The number of anilines is 2. The van der Waals surface area contributed by atoms with E-state index in [1.54, 1.807) is 25.2 Å². The average Bonchev–Trinajstić information content (AvgIpc) is 2.47. The Morgan fingerprint density at radius 2 is 1.90 bits per heavy atom. The van der Waals surface area contributed by atoms with Crippen molar-refractivity contribution in [2.24, 2.45) is 0 Å². The highest BCUT2D eigenvalue weighted by molar-refractivity contribution is 7.92. The van der Waals surface area contributed by atoms with Crippen LogP contribution in [0, 0.1) is 0 Å². The maximum absolute atomic E-state index is 12.3. The summed E-state index contributed by atoms with van der Waals surface area (Å²) in [4.78, 5) is 4.16. The number of hydrogen-bond acceptors (Lipinski definition) is 4. The Morgan fingerprint density at radius 1 is 1.15 bits per heavy atom. The molecule has 0 aliphatic carbocycles. The number of hydrogen-bond donors (Lipinski definition) is 2. The third-order valence-electron chi connectivity index (χ3n) is 2.95. The van der Waals surface area contributed by atoms with Gasteiger partial charge in [0.05, 0.1) is 5.69 Å². The maximum atomic E-state index is 12.3. The number of nitrogens with zero attached hydrogens (tertiary/aromatic N) is 1. The smallest absolute Gasteiger partial charge is 0.263 e. The second kappa shape index (κ2) is 5.92. The first-order chi connectivity index (χ1) is 9.56. The van der Waals surface area contributed by atoms with E-state index in [-0.39, 0.29) is 4.90 Å². The molecule has 2 rings (SSSR count). The molecule has 0 saturated heterocycles. The van der Waals surface area contributed by atoms with Crippen LogP contribution in [0.1, 0.15) is 12.5 Å². The van der Waals surface area contributed by atoms with Crippen molar-refractivity contribution in [2.45, 2.75) is 18.2 Å². The molecule has 0 fully saturated rings. The van der Waals surface area contributed by atoms with Crippen LogP contribution in [0.3, 0.4) is 0 Å². The summed E-state index contributed by atoms with van der Waals surface area (Å²) in [5, 5.41) is 2.85. The fraction of sp³-hybridized carbons (Fsp3) is 0.214. The number of pyridine rings is 1. The van der Waals surface area contributed by atoms with Crippen molar-refractivity contribution in [3.8, 4) is 0 Å². The largest absolute Gasteiger partial charge is 0.373 e. The zero-order valence-electron chi connectivity index (χ0n) is 11.4. The highest BCUT2D eigenvalue weighted by atomic mass is 32.2. The lowest BCUT2D eigenvalue weighted by molar-refractivity contribution is 0.601. The Bertz CT molecular complexity index is 682. The minimum atomic E-state index is -3.61. The van der Waals surface area contributed by atoms with Crippen LogP contribution < -0.4 is 10.0 Å². The molecule has 0 aliphatic heterocycles. The molecular formula is C14H17N3O2S. The van der Waals surface area contributed by atoms with Crippen LogP contribution in [0.5, 0.6) is 0 Å². The molecule has 0 radical (unpaired) electrons. The lowest BCUT2D eigenvalue weighted by Gasteiger charge is -2.11. The number of benzene rings is 1. The topological polar surface area (TPSA) is 71.1 Å². The Morgan fingerprint density at radius 3 is 2.50 bits per heavy atom. The first kappa shape index (κ1) is 14.3. The van der Waals surface area contributed by atoms with Gasteiger partial charge in [0.2, 0.25) is 0 Å². The zero-order chi connectivity index (χ0) is 14.6. The van der Waals surface area contributed by atoms with Gasteiger partial charge in [0.1, 0.15) is 10.7 Å². The number of para-hydroxylation sites is 1. The van der Waals surface area contributed by atoms with Crippen LogP contribution in [0.2, 0.25) is 0 Å². The van der Waals surface area contributed by atoms with Crippen LogP contribution in [0.25, 0.3) is 0 Å². The van der Waals surface area contributed by atoms with Crippen molar-refractivity contribution in [1.29, 1.82) is 0 Å². The highest BCUT2D eigenvalue weighted by Crippen LogP contribution is 2.20. The molecule has 0 aliphatic rings. The van der Waals surface area contributed by atoms with E-state index in [4.69, 9.17) is 0 Å². The quantitative estimate of drug-likeness (QED) is 0.888. The monoisotopic (exact) mass is 291 g/mol. The summed E-state index contributed by atoms with van der Waals surface area (Å²) in [5.41, 5.74) is 1.56. The van der Waals surface area contributed by atoms with Gasteiger partial charge in [-0.15, -0.1) is 0 Å². The van der Waals surface area contributed by atoms with E-state index in [1.807, 2.05) is 19.1 Å². The number of nitrogens with one attached hydrogen (secondary N) is 2. The van der Waals surface area contributed by atoms with Gasteiger partial charge in [-0.3, -0.25) is 4.72 Å². The van der Waals surface area contributed by atoms with E-state index in [9.17, 15) is 8.42 Å². The van der Waals surface area contributed by atoms with Crippen molar-refractivity contribution >= 4 is 21.5 Å². The Hall–Kier alpha value is -2.08. The van der Waals surface area contributed by atoms with Crippen molar-refractivity contribution < 1.29 is 8.42 Å². The van der Waals surface area contributed by atoms with Gasteiger partial charge in [0.25, 0.3) is 10.0 Å². The van der Waals surface area contributed by atoms with Gasteiger partial charge in [0, 0.05) is 13.2 Å². The zero-order valence-corrected chi connectivity index (χ0v) is 12.2. The van der Waals surface area contributed by atoms with Crippen molar-refractivity contribution in [3.05, 3.63) is 48.2 Å². The lowest BCUT2D eigenvalue weighted by atomic mass is 10.1. The molecule has 106 valence electrons. The summed E-state index contributed by atoms with van der Waals surface area (Å²) in [6.45, 7) is 1.98. The van der Waals surface area contributed by atoms with Gasteiger partial charge in [-0.05, 0) is 30.2 Å². The molecule has 20 heavy (non-hydrogen) atoms. The standard InChI is InChI=1S/C14H17N3O2S/c1-3-11-6-4-5-7-13(11)17-20(18,19)12-8-9-14(15-2)16-10-12/h4-10,17H,3H2,1-2H3,(H,15,16). The molecule has 0 unspecified atom stereocenters. The molecule has 0 amide bonds. The van der Waals surface area contributed by atoms with Crippen LogP contribution in [0.4, 0.5) is 11.5 Å². The van der Waals surface area contributed by atoms with E-state index in [2.05, 4.69) is 15.0 Å². The number of aromatic nitrogens is 1. The predicted molar refractivity (Wildman–Crippen MR) is 80.4 cm³/mol. The minimum absolute atomic E-state index is 0.141. The second-order valence-electron chi connectivity index (χ2n) is 4.25. The fourth-order valence-corrected chi connectivity index (χ4v) is 2.86. The third-order valence-corrected chi connectivity index (χ3v) is 4.30. The summed E-state index contributed by atoms with van der Waals surface area (Å²) in [7, 11) is -1.88. The molecular weight excluding hydrogens is 274 g/mol. The molecule has 1 heterocycles. The third kappa shape index (κ3) is 3.08. The molecule has 2 aromatic rings. The molecule has 0 saturated carbocycles. The van der Waals surface area contributed by atoms with Gasteiger partial charge in [-0.2, -0.15) is 0 Å². The highest BCUT2D eigenvalue weighted by Gasteiger charge is 2.15. The van der Waals surface area contributed by atoms with Crippen LogP contribution >= 0.6 is 0 Å². The van der Waals surface area contributed by atoms with E-state index in [1.165, 1.54) is 12.3 Å². The maximum Gasteiger partial charge on any atom is 0.263 e. The number of aryl methyl sites for hydroxylation is 1. The fourth-order valence-electron chi connectivity index (χ4n) is 1.82. The van der Waals surface area contributed by atoms with Gasteiger partial charge in [0.15, 0.2) is 0 Å². The summed E-state index contributed by atoms with van der Waals surface area (Å²) < 4.78 is 27.2. The second-order valence-corrected chi connectivity index (χ2v) is 5.93. The van der Waals surface area contributed by atoms with Gasteiger partial charge < -0.3 is 5.32 Å². The van der Waals surface area contributed by atoms with Crippen molar-refractivity contribution in [1.82, 2.24) is 4.98 Å². The summed E-state index contributed by atoms with van der Waals surface area (Å²) >= 11 is 0. The molecule has 5 nitrogen and oxygen atoms in total. The average molecular weight is 291 g/mol. The molecule has 0 spiro atoms. The van der Waals surface area contributed by atoms with E-state index < -0.39 is 10.0 Å². The SMILES string of the molecule is CCc1ccccc1NS(=O)(=O)c1ccc(NC)nc1. The molecule has 0 bridgehead atoms. The van der Waals surface area contributed by atoms with Gasteiger partial charge in [-0.25, -0.2) is 13.4 Å².